The van der Waals surface area contributed by atoms with Crippen LogP contribution in [0.1, 0.15) is 22.2 Å². The lowest BCUT2D eigenvalue weighted by atomic mass is 10.1. The predicted molar refractivity (Wildman–Crippen MR) is 135 cm³/mol. The van der Waals surface area contributed by atoms with Crippen molar-refractivity contribution in [3.8, 4) is 11.5 Å². The molecule has 0 radical (unpaired) electrons. The fourth-order valence-corrected chi connectivity index (χ4v) is 6.19. The number of aromatic nitrogens is 1. The average Bonchev–Trinajstić information content (AvgIpc) is 3.29. The maximum atomic E-state index is 13.6. The molecule has 0 fully saturated rings. The number of rotatable bonds is 8. The number of benzene rings is 2. The SMILES string of the molecule is CCOC(=O)Cc1cnc(NC(=O)c2ccc3c(c2)N(S(=O)(=O)c2cc(Cl)ccc2OC)CCO3)s1. The molecule has 0 aliphatic carbocycles. The van der Waals surface area contributed by atoms with E-state index in [1.54, 1.807) is 6.92 Å². The first-order chi connectivity index (χ1) is 17.2. The van der Waals surface area contributed by atoms with E-state index in [0.29, 0.717) is 15.8 Å². The first kappa shape index (κ1) is 25.7. The number of ether oxygens (including phenoxy) is 3. The molecule has 190 valence electrons. The number of sulfonamides is 1. The highest BCUT2D eigenvalue weighted by atomic mass is 35.5. The molecule has 1 aliphatic heterocycles. The smallest absolute Gasteiger partial charge is 0.311 e. The van der Waals surface area contributed by atoms with Gasteiger partial charge in [0.05, 0.1) is 32.4 Å². The largest absolute Gasteiger partial charge is 0.495 e. The van der Waals surface area contributed by atoms with E-state index in [0.717, 1.165) is 15.6 Å². The maximum absolute atomic E-state index is 13.6. The highest BCUT2D eigenvalue weighted by Crippen LogP contribution is 2.39. The zero-order chi connectivity index (χ0) is 25.9. The summed E-state index contributed by atoms with van der Waals surface area (Å²) in [5.74, 6) is -0.429. The van der Waals surface area contributed by atoms with Gasteiger partial charge in [-0.2, -0.15) is 0 Å². The molecule has 1 aromatic heterocycles. The van der Waals surface area contributed by atoms with Crippen LogP contribution in [-0.2, 0) is 26.0 Å². The van der Waals surface area contributed by atoms with E-state index in [9.17, 15) is 18.0 Å². The van der Waals surface area contributed by atoms with Gasteiger partial charge in [0.1, 0.15) is 23.0 Å². The van der Waals surface area contributed by atoms with Crippen LogP contribution in [0.5, 0.6) is 11.5 Å². The molecule has 0 bridgehead atoms. The zero-order valence-corrected chi connectivity index (χ0v) is 21.7. The lowest BCUT2D eigenvalue weighted by Crippen LogP contribution is -2.38. The minimum atomic E-state index is -4.10. The van der Waals surface area contributed by atoms with Gasteiger partial charge in [0.2, 0.25) is 0 Å². The van der Waals surface area contributed by atoms with Gasteiger partial charge in [-0.15, -0.1) is 11.3 Å². The fourth-order valence-electron chi connectivity index (χ4n) is 3.53. The Morgan fingerprint density at radius 1 is 1.25 bits per heavy atom. The van der Waals surface area contributed by atoms with Crippen LogP contribution in [-0.4, -0.2) is 52.1 Å². The number of hydrogen-bond acceptors (Lipinski definition) is 9. The van der Waals surface area contributed by atoms with Crippen LogP contribution < -0.4 is 19.1 Å². The number of hydrogen-bond donors (Lipinski definition) is 1. The number of nitrogens with one attached hydrogen (secondary N) is 1. The van der Waals surface area contributed by atoms with Crippen molar-refractivity contribution >= 4 is 55.7 Å². The molecule has 3 aromatic rings. The van der Waals surface area contributed by atoms with Crippen molar-refractivity contribution in [2.24, 2.45) is 0 Å². The van der Waals surface area contributed by atoms with E-state index in [2.05, 4.69) is 10.3 Å². The molecule has 2 aromatic carbocycles. The molecule has 4 rings (SSSR count). The number of amides is 1. The van der Waals surface area contributed by atoms with Crippen molar-refractivity contribution in [3.63, 3.8) is 0 Å². The minimum absolute atomic E-state index is 0.0276. The van der Waals surface area contributed by atoms with Crippen LogP contribution in [0.2, 0.25) is 5.02 Å². The lowest BCUT2D eigenvalue weighted by molar-refractivity contribution is -0.142. The minimum Gasteiger partial charge on any atom is -0.495 e. The number of thiazole rings is 1. The molecule has 0 saturated carbocycles. The Hall–Kier alpha value is -3.35. The van der Waals surface area contributed by atoms with Crippen LogP contribution in [0.4, 0.5) is 10.8 Å². The molecule has 0 atom stereocenters. The van der Waals surface area contributed by atoms with Gasteiger partial charge >= 0.3 is 5.97 Å². The number of anilines is 2. The second-order valence-corrected chi connectivity index (χ2v) is 10.9. The molecule has 10 nitrogen and oxygen atoms in total. The molecular weight excluding hydrogens is 530 g/mol. The van der Waals surface area contributed by atoms with Crippen LogP contribution in [0.15, 0.2) is 47.5 Å². The maximum Gasteiger partial charge on any atom is 0.311 e. The Morgan fingerprint density at radius 3 is 2.81 bits per heavy atom. The average molecular weight is 552 g/mol. The van der Waals surface area contributed by atoms with Crippen molar-refractivity contribution in [2.45, 2.75) is 18.2 Å². The van der Waals surface area contributed by atoms with Gasteiger partial charge < -0.3 is 14.2 Å². The molecule has 1 N–H and O–H groups in total. The summed E-state index contributed by atoms with van der Waals surface area (Å²) in [5, 5.41) is 3.20. The number of carbonyl (C=O) groups excluding carboxylic acids is 2. The summed E-state index contributed by atoms with van der Waals surface area (Å²) in [4.78, 5) is 29.2. The van der Waals surface area contributed by atoms with E-state index in [-0.39, 0.29) is 59.1 Å². The van der Waals surface area contributed by atoms with Crippen molar-refractivity contribution < 1.29 is 32.2 Å². The third kappa shape index (κ3) is 5.40. The topological polar surface area (TPSA) is 124 Å². The predicted octanol–water partition coefficient (Wildman–Crippen LogP) is 3.75. The highest BCUT2D eigenvalue weighted by Gasteiger charge is 2.33. The van der Waals surface area contributed by atoms with Crippen molar-refractivity contribution in [1.82, 2.24) is 4.98 Å². The molecule has 0 saturated heterocycles. The number of esters is 1. The molecule has 0 spiro atoms. The first-order valence-corrected chi connectivity index (χ1v) is 13.4. The summed E-state index contributed by atoms with van der Waals surface area (Å²) in [5.41, 5.74) is 0.401. The summed E-state index contributed by atoms with van der Waals surface area (Å²) in [6.07, 6.45) is 1.54. The Bertz CT molecular complexity index is 1410. The van der Waals surface area contributed by atoms with E-state index in [1.807, 2.05) is 0 Å². The monoisotopic (exact) mass is 551 g/mol. The summed E-state index contributed by atoms with van der Waals surface area (Å²) in [6.45, 7) is 2.15. The van der Waals surface area contributed by atoms with Crippen LogP contribution in [0.3, 0.4) is 0 Å². The Labute approximate surface area is 216 Å². The number of fused-ring (bicyclic) bond motifs is 1. The molecule has 1 amide bonds. The van der Waals surface area contributed by atoms with Crippen molar-refractivity contribution in [3.05, 3.63) is 58.1 Å². The number of carbonyl (C=O) groups is 2. The van der Waals surface area contributed by atoms with Crippen LogP contribution in [0, 0.1) is 0 Å². The summed E-state index contributed by atoms with van der Waals surface area (Å²) in [6, 6.07) is 8.83. The van der Waals surface area contributed by atoms with Gasteiger partial charge in [0.25, 0.3) is 15.9 Å². The van der Waals surface area contributed by atoms with Crippen molar-refractivity contribution in [2.75, 3.05) is 36.5 Å². The number of halogens is 1. The molecule has 2 heterocycles. The highest BCUT2D eigenvalue weighted by molar-refractivity contribution is 7.93. The molecule has 1 aliphatic rings. The number of nitrogens with zero attached hydrogens (tertiary/aromatic N) is 2. The van der Waals surface area contributed by atoms with E-state index < -0.39 is 15.9 Å². The Morgan fingerprint density at radius 2 is 2.06 bits per heavy atom. The normalized spacial score (nSPS) is 12.9. The Kier molecular flexibility index (Phi) is 7.67. The second kappa shape index (κ2) is 10.7. The van der Waals surface area contributed by atoms with E-state index >= 15 is 0 Å². The first-order valence-electron chi connectivity index (χ1n) is 10.8. The summed E-state index contributed by atoms with van der Waals surface area (Å²) in [7, 11) is -2.73. The summed E-state index contributed by atoms with van der Waals surface area (Å²) < 4.78 is 44.1. The quantitative estimate of drug-likeness (QED) is 0.420. The summed E-state index contributed by atoms with van der Waals surface area (Å²) >= 11 is 7.21. The molecule has 13 heteroatoms. The molecule has 0 unspecified atom stereocenters. The molecule has 36 heavy (non-hydrogen) atoms. The van der Waals surface area contributed by atoms with E-state index in [1.165, 1.54) is 49.7 Å². The zero-order valence-electron chi connectivity index (χ0n) is 19.3. The Balaban J connectivity index is 1.60. The van der Waals surface area contributed by atoms with Gasteiger partial charge in [-0.1, -0.05) is 11.6 Å². The van der Waals surface area contributed by atoms with Crippen molar-refractivity contribution in [1.29, 1.82) is 0 Å². The third-order valence-corrected chi connectivity index (χ3v) is 8.12. The van der Waals surface area contributed by atoms with Gasteiger partial charge in [0, 0.05) is 21.7 Å². The fraction of sp³-hybridized carbons (Fsp3) is 0.261. The number of methoxy groups -OCH3 is 1. The van der Waals surface area contributed by atoms with Crippen LogP contribution in [0.25, 0.3) is 0 Å². The second-order valence-electron chi connectivity index (χ2n) is 7.47. The third-order valence-electron chi connectivity index (χ3n) is 5.13. The van der Waals surface area contributed by atoms with E-state index in [4.69, 9.17) is 25.8 Å². The van der Waals surface area contributed by atoms with Gasteiger partial charge in [-0.05, 0) is 43.3 Å². The van der Waals surface area contributed by atoms with Crippen LogP contribution >= 0.6 is 22.9 Å². The standard InChI is InChI=1S/C23H22ClN3O7S2/c1-3-33-21(28)12-16-13-25-23(35-16)26-22(29)14-4-6-18-17(10-14)27(8-9-34-18)36(30,31)20-11-15(24)5-7-19(20)32-2/h4-7,10-11,13H,3,8-9,12H2,1-2H3,(H,25,26,29). The van der Waals surface area contributed by atoms with Gasteiger partial charge in [0.15, 0.2) is 5.13 Å². The van der Waals surface area contributed by atoms with Gasteiger partial charge in [-0.3, -0.25) is 19.2 Å². The molecular formula is C23H22ClN3O7S2. The lowest BCUT2D eigenvalue weighted by Gasteiger charge is -2.31. The van der Waals surface area contributed by atoms with Gasteiger partial charge in [-0.25, -0.2) is 13.4 Å².